The predicted molar refractivity (Wildman–Crippen MR) is 60.2 cm³/mol. The van der Waals surface area contributed by atoms with Crippen LogP contribution in [-0.4, -0.2) is 41.1 Å². The van der Waals surface area contributed by atoms with E-state index in [1.807, 2.05) is 0 Å². The van der Waals surface area contributed by atoms with Crippen molar-refractivity contribution in [3.63, 3.8) is 0 Å². The van der Waals surface area contributed by atoms with Gasteiger partial charge in [0.25, 0.3) is 0 Å². The van der Waals surface area contributed by atoms with Crippen LogP contribution in [0.2, 0.25) is 0 Å². The molecule has 0 heterocycles. The fourth-order valence-electron chi connectivity index (χ4n) is 1.31. The van der Waals surface area contributed by atoms with Crippen LogP contribution in [0.25, 0.3) is 0 Å². The molecule has 16 heavy (non-hydrogen) atoms. The highest BCUT2D eigenvalue weighted by Crippen LogP contribution is 2.31. The number of hydrogen-bond donors (Lipinski definition) is 2. The lowest BCUT2D eigenvalue weighted by atomic mass is 10.1. The summed E-state index contributed by atoms with van der Waals surface area (Å²) in [5.74, 6) is -0.245. The molecule has 0 spiro atoms. The largest absolute Gasteiger partial charge is 0.480 e. The number of nitrogens with zero attached hydrogens (tertiary/aromatic N) is 1. The van der Waals surface area contributed by atoms with E-state index in [4.69, 9.17) is 5.11 Å². The van der Waals surface area contributed by atoms with Crippen molar-refractivity contribution in [1.29, 1.82) is 0 Å². The smallest absolute Gasteiger partial charge is 0.329 e. The molecule has 1 saturated carbocycles. The van der Waals surface area contributed by atoms with Crippen LogP contribution < -0.4 is 5.32 Å². The first-order valence-electron chi connectivity index (χ1n) is 5.60. The molecule has 1 rings (SSSR count). The summed E-state index contributed by atoms with van der Waals surface area (Å²) < 4.78 is 0. The van der Waals surface area contributed by atoms with Crippen molar-refractivity contribution in [2.45, 2.75) is 38.6 Å². The zero-order valence-corrected chi connectivity index (χ0v) is 10.1. The van der Waals surface area contributed by atoms with Gasteiger partial charge in [0.1, 0.15) is 5.54 Å². The summed E-state index contributed by atoms with van der Waals surface area (Å²) in [4.78, 5) is 23.8. The average Bonchev–Trinajstić information content (AvgIpc) is 3.00. The molecule has 2 amide bonds. The lowest BCUT2D eigenvalue weighted by molar-refractivity contribution is -0.146. The fourth-order valence-corrected chi connectivity index (χ4v) is 1.31. The Morgan fingerprint density at radius 2 is 2.00 bits per heavy atom. The first-order chi connectivity index (χ1) is 7.35. The number of nitrogens with one attached hydrogen (secondary N) is 1. The Morgan fingerprint density at radius 1 is 1.44 bits per heavy atom. The first kappa shape index (κ1) is 12.8. The Bertz CT molecular complexity index is 285. The van der Waals surface area contributed by atoms with Gasteiger partial charge in [-0.3, -0.25) is 0 Å². The summed E-state index contributed by atoms with van der Waals surface area (Å²) >= 11 is 0. The zero-order chi connectivity index (χ0) is 12.3. The molecule has 5 nitrogen and oxygen atoms in total. The van der Waals surface area contributed by atoms with E-state index in [9.17, 15) is 9.59 Å². The summed E-state index contributed by atoms with van der Waals surface area (Å²) in [5.41, 5.74) is -1.18. The number of carbonyl (C=O) groups excluding carboxylic acids is 1. The van der Waals surface area contributed by atoms with Crippen molar-refractivity contribution in [1.82, 2.24) is 10.2 Å². The molecular formula is C11H20N2O3. The van der Waals surface area contributed by atoms with Gasteiger partial charge in [0, 0.05) is 13.6 Å². The molecule has 5 heteroatoms. The highest BCUT2D eigenvalue weighted by Gasteiger charge is 2.35. The molecule has 0 aromatic carbocycles. The van der Waals surface area contributed by atoms with Crippen molar-refractivity contribution in [3.8, 4) is 0 Å². The third kappa shape index (κ3) is 3.12. The molecule has 0 atom stereocenters. The van der Waals surface area contributed by atoms with E-state index < -0.39 is 11.5 Å². The Kier molecular flexibility index (Phi) is 3.78. The van der Waals surface area contributed by atoms with Gasteiger partial charge in [0.15, 0.2) is 0 Å². The molecule has 92 valence electrons. The molecular weight excluding hydrogens is 208 g/mol. The number of amides is 2. The Morgan fingerprint density at radius 3 is 2.44 bits per heavy atom. The minimum Gasteiger partial charge on any atom is -0.480 e. The fraction of sp³-hybridized carbons (Fsp3) is 0.818. The minimum absolute atomic E-state index is 0.326. The van der Waals surface area contributed by atoms with E-state index in [0.29, 0.717) is 6.54 Å². The molecule has 0 saturated heterocycles. The number of rotatable bonds is 5. The predicted octanol–water partition coefficient (Wildman–Crippen LogP) is 1.29. The SMILES string of the molecule is CN(C(=O)NCCC1CC1)C(C)(C)C(=O)O. The standard InChI is InChI=1S/C11H20N2O3/c1-11(2,9(14)15)13(3)10(16)12-7-6-8-4-5-8/h8H,4-7H2,1-3H3,(H,12,16)(H,14,15). The van der Waals surface area contributed by atoms with E-state index in [1.165, 1.54) is 38.6 Å². The topological polar surface area (TPSA) is 69.6 Å². The number of carboxylic acids is 1. The molecule has 0 aliphatic heterocycles. The lowest BCUT2D eigenvalue weighted by Crippen LogP contribution is -2.54. The average molecular weight is 228 g/mol. The quantitative estimate of drug-likeness (QED) is 0.745. The molecule has 0 radical (unpaired) electrons. The third-order valence-electron chi connectivity index (χ3n) is 3.19. The maximum Gasteiger partial charge on any atom is 0.329 e. The third-order valence-corrected chi connectivity index (χ3v) is 3.19. The molecule has 1 aliphatic carbocycles. The van der Waals surface area contributed by atoms with Crippen molar-refractivity contribution < 1.29 is 14.7 Å². The highest BCUT2D eigenvalue weighted by molar-refractivity contribution is 5.85. The summed E-state index contributed by atoms with van der Waals surface area (Å²) in [7, 11) is 1.50. The van der Waals surface area contributed by atoms with E-state index in [1.54, 1.807) is 0 Å². The minimum atomic E-state index is -1.18. The van der Waals surface area contributed by atoms with Gasteiger partial charge in [0.2, 0.25) is 0 Å². The molecule has 2 N–H and O–H groups in total. The summed E-state index contributed by atoms with van der Waals surface area (Å²) in [6.45, 7) is 3.65. The second-order valence-corrected chi connectivity index (χ2v) is 4.89. The molecule has 1 aliphatic rings. The number of likely N-dealkylation sites (N-methyl/N-ethyl adjacent to an activating group) is 1. The van der Waals surface area contributed by atoms with Crippen molar-refractivity contribution in [2.24, 2.45) is 5.92 Å². The number of urea groups is 1. The highest BCUT2D eigenvalue weighted by atomic mass is 16.4. The van der Waals surface area contributed by atoms with Gasteiger partial charge in [-0.2, -0.15) is 0 Å². The van der Waals surface area contributed by atoms with Crippen LogP contribution in [0.15, 0.2) is 0 Å². The van der Waals surface area contributed by atoms with Crippen molar-refractivity contribution >= 4 is 12.0 Å². The normalized spacial score (nSPS) is 15.7. The number of carboxylic acid groups (broad SMARTS) is 1. The van der Waals surface area contributed by atoms with Gasteiger partial charge >= 0.3 is 12.0 Å². The van der Waals surface area contributed by atoms with Crippen LogP contribution in [0.4, 0.5) is 4.79 Å². The molecule has 0 unspecified atom stereocenters. The van der Waals surface area contributed by atoms with Gasteiger partial charge in [-0.05, 0) is 26.2 Å². The Hall–Kier alpha value is -1.26. The van der Waals surface area contributed by atoms with E-state index in [2.05, 4.69) is 5.32 Å². The number of carbonyl (C=O) groups is 2. The lowest BCUT2D eigenvalue weighted by Gasteiger charge is -2.31. The molecule has 0 aromatic rings. The zero-order valence-electron chi connectivity index (χ0n) is 10.1. The summed E-state index contributed by atoms with van der Waals surface area (Å²) in [6.07, 6.45) is 3.51. The first-order valence-corrected chi connectivity index (χ1v) is 5.60. The van der Waals surface area contributed by atoms with Gasteiger partial charge in [-0.25, -0.2) is 9.59 Å². The van der Waals surface area contributed by atoms with E-state index in [-0.39, 0.29) is 6.03 Å². The number of hydrogen-bond acceptors (Lipinski definition) is 2. The van der Waals surface area contributed by atoms with Crippen molar-refractivity contribution in [3.05, 3.63) is 0 Å². The maximum atomic E-state index is 11.6. The van der Waals surface area contributed by atoms with Gasteiger partial charge in [0.05, 0.1) is 0 Å². The second-order valence-electron chi connectivity index (χ2n) is 4.89. The summed E-state index contributed by atoms with van der Waals surface area (Å²) in [6, 6.07) is -0.326. The van der Waals surface area contributed by atoms with Crippen LogP contribution in [0.3, 0.4) is 0 Å². The van der Waals surface area contributed by atoms with Gasteiger partial charge < -0.3 is 15.3 Å². The Labute approximate surface area is 95.8 Å². The molecule has 1 fully saturated rings. The monoisotopic (exact) mass is 228 g/mol. The second kappa shape index (κ2) is 4.72. The van der Waals surface area contributed by atoms with Crippen LogP contribution in [0.1, 0.15) is 33.1 Å². The van der Waals surface area contributed by atoms with E-state index >= 15 is 0 Å². The molecule has 0 bridgehead atoms. The van der Waals surface area contributed by atoms with Crippen LogP contribution in [0, 0.1) is 5.92 Å². The van der Waals surface area contributed by atoms with E-state index in [0.717, 1.165) is 12.3 Å². The summed E-state index contributed by atoms with van der Waals surface area (Å²) in [5, 5.41) is 11.7. The van der Waals surface area contributed by atoms with Crippen LogP contribution >= 0.6 is 0 Å². The van der Waals surface area contributed by atoms with Crippen molar-refractivity contribution in [2.75, 3.05) is 13.6 Å². The maximum absolute atomic E-state index is 11.6. The van der Waals surface area contributed by atoms with Gasteiger partial charge in [-0.15, -0.1) is 0 Å². The van der Waals surface area contributed by atoms with Crippen LogP contribution in [-0.2, 0) is 4.79 Å². The van der Waals surface area contributed by atoms with Gasteiger partial charge in [-0.1, -0.05) is 12.8 Å². The number of aliphatic carboxylic acids is 1. The molecule has 0 aromatic heterocycles. The Balaban J connectivity index is 2.36. The van der Waals surface area contributed by atoms with Crippen LogP contribution in [0.5, 0.6) is 0 Å².